The van der Waals surface area contributed by atoms with Crippen LogP contribution >= 0.6 is 0 Å². The van der Waals surface area contributed by atoms with Crippen molar-refractivity contribution in [2.24, 2.45) is 0 Å². The van der Waals surface area contributed by atoms with E-state index in [1.165, 1.54) is 81.3 Å². The molecule has 0 spiro atoms. The maximum absolute atomic E-state index is 2.82. The predicted molar refractivity (Wildman–Crippen MR) is 216 cm³/mol. The molecule has 0 N–H and O–H groups in total. The third-order valence-electron chi connectivity index (χ3n) is 11.1. The van der Waals surface area contributed by atoms with Crippen LogP contribution in [0.2, 0.25) is 0 Å². The summed E-state index contributed by atoms with van der Waals surface area (Å²) in [5.74, 6) is 0. The average molecular weight is 740 g/mol. The molecule has 4 aromatic carbocycles. The Morgan fingerprint density at radius 3 is 1.70 bits per heavy atom. The summed E-state index contributed by atoms with van der Waals surface area (Å²) in [4.78, 5) is 0. The van der Waals surface area contributed by atoms with Crippen molar-refractivity contribution in [1.29, 1.82) is 0 Å². The number of unbranched alkanes of at least 4 members (excludes halogenated alkanes) is 2. The third-order valence-corrected chi connectivity index (χ3v) is 19.2. The number of hydrogen-bond acceptors (Lipinski definition) is 0. The molecule has 0 amide bonds. The van der Waals surface area contributed by atoms with Crippen LogP contribution in [0.1, 0.15) is 143 Å². The first kappa shape index (κ1) is 36.9. The van der Waals surface area contributed by atoms with Crippen LogP contribution in [0.4, 0.5) is 0 Å². The fraction of sp³-hybridized carbons (Fsp3) is 0.408. The molecule has 0 heterocycles. The van der Waals surface area contributed by atoms with Crippen molar-refractivity contribution in [1.82, 2.24) is 0 Å². The summed E-state index contributed by atoms with van der Waals surface area (Å²) in [6.45, 7) is 23.8. The number of fused-ring (bicyclic) bond motifs is 3. The molecule has 0 unspecified atom stereocenters. The topological polar surface area (TPSA) is 0 Å². The molecule has 0 fully saturated rings. The first-order valence-electron chi connectivity index (χ1n) is 19.4. The molecule has 2 aliphatic rings. The number of hydrogen-bond donors (Lipinski definition) is 0. The van der Waals surface area contributed by atoms with Crippen LogP contribution in [-0.2, 0) is 51.4 Å². The van der Waals surface area contributed by atoms with E-state index in [0.29, 0.717) is 0 Å². The van der Waals surface area contributed by atoms with Gasteiger partial charge < -0.3 is 0 Å². The summed E-state index contributed by atoms with van der Waals surface area (Å²) in [5, 5.41) is 0. The van der Waals surface area contributed by atoms with Gasteiger partial charge in [-0.15, -0.1) is 0 Å². The van der Waals surface area contributed by atoms with Crippen LogP contribution in [-0.4, -0.2) is 3.21 Å². The SMILES string of the molecule is CCCCc1ccc([C](c2ccc(CCCC)cc2)=[Zr]([C]2=CC=CC2)[c]2c(C)c(C(C)(C)C)cc3c2Cc2cc(C)c(C(C)(C)C)cc2-3)cc1. The fourth-order valence-electron chi connectivity index (χ4n) is 8.51. The van der Waals surface area contributed by atoms with Gasteiger partial charge in [0.25, 0.3) is 0 Å². The van der Waals surface area contributed by atoms with Gasteiger partial charge in [-0.1, -0.05) is 0 Å². The Hall–Kier alpha value is -2.89. The molecule has 0 aliphatic heterocycles. The molecule has 0 aromatic heterocycles. The Morgan fingerprint density at radius 1 is 0.680 bits per heavy atom. The number of aryl methyl sites for hydroxylation is 3. The molecule has 2 aliphatic carbocycles. The van der Waals surface area contributed by atoms with E-state index in [1.54, 1.807) is 20.9 Å². The monoisotopic (exact) mass is 738 g/mol. The van der Waals surface area contributed by atoms with E-state index in [1.807, 2.05) is 0 Å². The van der Waals surface area contributed by atoms with E-state index in [-0.39, 0.29) is 10.8 Å². The van der Waals surface area contributed by atoms with Crippen molar-refractivity contribution in [2.45, 2.75) is 131 Å². The second kappa shape index (κ2) is 15.0. The van der Waals surface area contributed by atoms with Crippen LogP contribution in [0, 0.1) is 13.8 Å². The van der Waals surface area contributed by atoms with Gasteiger partial charge in [-0.3, -0.25) is 0 Å². The van der Waals surface area contributed by atoms with Crippen molar-refractivity contribution in [3.05, 3.63) is 144 Å². The molecule has 50 heavy (non-hydrogen) atoms. The molecule has 4 aromatic rings. The fourth-order valence-corrected chi connectivity index (χ4v) is 16.9. The Bertz CT molecular complexity index is 1910. The van der Waals surface area contributed by atoms with E-state index in [4.69, 9.17) is 0 Å². The zero-order valence-corrected chi connectivity index (χ0v) is 35.2. The van der Waals surface area contributed by atoms with E-state index in [2.05, 4.69) is 154 Å². The molecule has 0 atom stereocenters. The maximum atomic E-state index is 2.61. The van der Waals surface area contributed by atoms with E-state index in [9.17, 15) is 0 Å². The Balaban J connectivity index is 1.70. The second-order valence-corrected chi connectivity index (χ2v) is 23.0. The van der Waals surface area contributed by atoms with Gasteiger partial charge in [0.05, 0.1) is 0 Å². The van der Waals surface area contributed by atoms with E-state index >= 15 is 0 Å². The minimum absolute atomic E-state index is 0.0484. The van der Waals surface area contributed by atoms with E-state index < -0.39 is 21.3 Å². The van der Waals surface area contributed by atoms with Gasteiger partial charge >= 0.3 is 314 Å². The van der Waals surface area contributed by atoms with Gasteiger partial charge in [0.2, 0.25) is 0 Å². The summed E-state index contributed by atoms with van der Waals surface area (Å²) in [6, 6.07) is 27.3. The van der Waals surface area contributed by atoms with Gasteiger partial charge in [0.15, 0.2) is 0 Å². The average Bonchev–Trinajstić information content (AvgIpc) is 3.73. The Kier molecular flexibility index (Phi) is 11.1. The van der Waals surface area contributed by atoms with Crippen LogP contribution in [0.5, 0.6) is 0 Å². The standard InChI is InChI=1S/C23H29.C21H26.C5H5.Zr/c1-14-9-16-11-17-10-15(2)21(23(6,7)8)13-19(17)18(16)12-20(14)22(3,4)5;1-3-5-7-18-9-13-20(14-10-18)17-21-15-11-19(12-16-21)8-6-4-2;1-2-4-5-3-1;/h9,12-13H,11H2,1-8H3;9-16H,3-8H2,1-2H3;1-3H,4H2;. The van der Waals surface area contributed by atoms with Crippen molar-refractivity contribution in [3.63, 3.8) is 0 Å². The second-order valence-electron chi connectivity index (χ2n) is 17.1. The summed E-state index contributed by atoms with van der Waals surface area (Å²) in [6.07, 6.45) is 16.7. The van der Waals surface area contributed by atoms with Gasteiger partial charge in [0, 0.05) is 0 Å². The third kappa shape index (κ3) is 7.51. The van der Waals surface area contributed by atoms with E-state index in [0.717, 1.165) is 25.7 Å². The minimum atomic E-state index is -2.82. The number of rotatable bonds is 10. The molecule has 6 rings (SSSR count). The normalized spacial score (nSPS) is 13.8. The zero-order chi connectivity index (χ0) is 35.8. The first-order chi connectivity index (χ1) is 23.8. The summed E-state index contributed by atoms with van der Waals surface area (Å²) in [5.41, 5.74) is 18.0. The van der Waals surface area contributed by atoms with Crippen LogP contribution in [0.3, 0.4) is 0 Å². The van der Waals surface area contributed by atoms with Gasteiger partial charge in [-0.05, 0) is 0 Å². The predicted octanol–water partition coefficient (Wildman–Crippen LogP) is 12.5. The van der Waals surface area contributed by atoms with Gasteiger partial charge in [-0.25, -0.2) is 0 Å². The summed E-state index contributed by atoms with van der Waals surface area (Å²) < 4.78 is 5.08. The molecule has 0 nitrogen and oxygen atoms in total. The molecule has 0 saturated carbocycles. The Morgan fingerprint density at radius 2 is 1.22 bits per heavy atom. The molecule has 1 heteroatoms. The molecule has 260 valence electrons. The summed E-state index contributed by atoms with van der Waals surface area (Å²) in [7, 11) is 0. The number of benzene rings is 4. The van der Waals surface area contributed by atoms with Gasteiger partial charge in [-0.2, -0.15) is 0 Å². The Labute approximate surface area is 312 Å². The van der Waals surface area contributed by atoms with Crippen LogP contribution in [0.15, 0.2) is 88.2 Å². The van der Waals surface area contributed by atoms with Crippen LogP contribution < -0.4 is 3.27 Å². The quantitative estimate of drug-likeness (QED) is 0.134. The molecule has 0 radical (unpaired) electrons. The molecular formula is C49H60Zr. The van der Waals surface area contributed by atoms with Crippen molar-refractivity contribution in [2.75, 3.05) is 0 Å². The first-order valence-corrected chi connectivity index (χ1v) is 23.1. The molecular weight excluding hydrogens is 680 g/mol. The molecule has 0 bridgehead atoms. The van der Waals surface area contributed by atoms with Crippen molar-refractivity contribution < 1.29 is 21.3 Å². The zero-order valence-electron chi connectivity index (χ0n) is 32.7. The van der Waals surface area contributed by atoms with Gasteiger partial charge in [0.1, 0.15) is 0 Å². The molecule has 0 saturated heterocycles. The number of allylic oxidation sites excluding steroid dienone is 4. The van der Waals surface area contributed by atoms with Crippen LogP contribution in [0.25, 0.3) is 11.1 Å². The van der Waals surface area contributed by atoms with Crippen molar-refractivity contribution in [3.8, 4) is 11.1 Å². The van der Waals surface area contributed by atoms with Crippen molar-refractivity contribution >= 4 is 6.48 Å². The summed E-state index contributed by atoms with van der Waals surface area (Å²) >= 11 is -2.82.